The molecule has 9 nitrogen and oxygen atoms in total. The Bertz CT molecular complexity index is 715. The molecule has 0 bridgehead atoms. The first-order valence-electron chi connectivity index (χ1n) is 8.58. The van der Waals surface area contributed by atoms with Crippen LogP contribution in [0.15, 0.2) is 0 Å². The predicted octanol–water partition coefficient (Wildman–Crippen LogP) is 0.861. The highest BCUT2D eigenvalue weighted by Crippen LogP contribution is 2.60. The molecular formula is C16H20Cl2N2O7. The average Bonchev–Trinajstić information content (AvgIpc) is 2.82. The summed E-state index contributed by atoms with van der Waals surface area (Å²) in [7, 11) is 1.37. The maximum atomic E-state index is 12.8. The number of imide groups is 1. The maximum Gasteiger partial charge on any atom is 0.328 e. The number of urea groups is 1. The predicted molar refractivity (Wildman–Crippen MR) is 90.8 cm³/mol. The minimum atomic E-state index is -1.39. The third-order valence-corrected chi connectivity index (χ3v) is 6.19. The van der Waals surface area contributed by atoms with Gasteiger partial charge in [0, 0.05) is 14.0 Å². The van der Waals surface area contributed by atoms with E-state index in [1.54, 1.807) is 13.8 Å². The van der Waals surface area contributed by atoms with Crippen molar-refractivity contribution in [1.29, 1.82) is 0 Å². The zero-order valence-electron chi connectivity index (χ0n) is 15.2. The molecule has 3 saturated heterocycles. The third-order valence-electron chi connectivity index (χ3n) is 5.27. The number of esters is 1. The zero-order valence-corrected chi connectivity index (χ0v) is 16.7. The van der Waals surface area contributed by atoms with Crippen molar-refractivity contribution in [2.24, 2.45) is 5.92 Å². The molecule has 1 aliphatic carbocycles. The fourth-order valence-corrected chi connectivity index (χ4v) is 4.80. The molecule has 0 spiro atoms. The van der Waals surface area contributed by atoms with Crippen LogP contribution in [0.4, 0.5) is 4.79 Å². The summed E-state index contributed by atoms with van der Waals surface area (Å²) >= 11 is 12.6. The Balaban J connectivity index is 1.63. The monoisotopic (exact) mass is 422 g/mol. The number of nitrogens with zero attached hydrogens (tertiary/aromatic N) is 2. The molecule has 3 heterocycles. The largest absolute Gasteiger partial charge is 0.463 e. The van der Waals surface area contributed by atoms with Crippen molar-refractivity contribution in [3.8, 4) is 0 Å². The lowest BCUT2D eigenvalue weighted by molar-refractivity contribution is -0.208. The molecule has 1 saturated carbocycles. The van der Waals surface area contributed by atoms with E-state index in [-0.39, 0.29) is 6.61 Å². The molecule has 27 heavy (non-hydrogen) atoms. The maximum absolute atomic E-state index is 12.8. The van der Waals surface area contributed by atoms with Gasteiger partial charge in [-0.05, 0) is 13.8 Å². The number of amides is 3. The molecule has 3 aliphatic heterocycles. The summed E-state index contributed by atoms with van der Waals surface area (Å²) in [6, 6.07) is -1.29. The van der Waals surface area contributed by atoms with Crippen LogP contribution in [0, 0.1) is 5.92 Å². The Kier molecular flexibility index (Phi) is 4.22. The summed E-state index contributed by atoms with van der Waals surface area (Å²) in [5.41, 5.74) is 0. The fraction of sp³-hybridized carbons (Fsp3) is 0.812. The van der Waals surface area contributed by atoms with E-state index >= 15 is 0 Å². The van der Waals surface area contributed by atoms with Crippen LogP contribution in [0.5, 0.6) is 0 Å². The van der Waals surface area contributed by atoms with Gasteiger partial charge in [0.1, 0.15) is 24.9 Å². The van der Waals surface area contributed by atoms with Crippen LogP contribution < -0.4 is 0 Å². The van der Waals surface area contributed by atoms with Crippen molar-refractivity contribution in [3.05, 3.63) is 0 Å². The van der Waals surface area contributed by atoms with E-state index in [0.717, 1.165) is 4.90 Å². The van der Waals surface area contributed by atoms with E-state index in [0.29, 0.717) is 0 Å². The van der Waals surface area contributed by atoms with Gasteiger partial charge in [0.25, 0.3) is 0 Å². The molecule has 6 unspecified atom stereocenters. The van der Waals surface area contributed by atoms with Crippen molar-refractivity contribution >= 4 is 41.1 Å². The van der Waals surface area contributed by atoms with Crippen LogP contribution in [-0.4, -0.2) is 82.1 Å². The summed E-state index contributed by atoms with van der Waals surface area (Å²) in [5.74, 6) is -2.53. The van der Waals surface area contributed by atoms with Crippen LogP contribution in [0.1, 0.15) is 20.8 Å². The van der Waals surface area contributed by atoms with Crippen molar-refractivity contribution in [2.75, 3.05) is 13.7 Å². The second-order valence-corrected chi connectivity index (χ2v) is 9.06. The lowest BCUT2D eigenvalue weighted by Crippen LogP contribution is -2.58. The van der Waals surface area contributed by atoms with Gasteiger partial charge in [0.15, 0.2) is 16.3 Å². The highest BCUT2D eigenvalue weighted by Gasteiger charge is 2.76. The standard InChI is InChI=1S/C16H20Cl2N2O7/c1-6(21)24-5-7-9-10(27-15(2,3)26-9)13(25-7)20-11-8(16(11,17)18)12(22)19(4)14(20)23/h7-11,13H,5H2,1-4H3. The average molecular weight is 423 g/mol. The molecule has 0 aromatic rings. The number of hydrogen-bond acceptors (Lipinski definition) is 7. The number of fused-ring (bicyclic) bond motifs is 2. The third kappa shape index (κ3) is 2.82. The number of carbonyl (C=O) groups excluding carboxylic acids is 3. The first-order valence-corrected chi connectivity index (χ1v) is 9.33. The van der Waals surface area contributed by atoms with Gasteiger partial charge in [-0.3, -0.25) is 19.4 Å². The van der Waals surface area contributed by atoms with E-state index in [4.69, 9.17) is 42.1 Å². The topological polar surface area (TPSA) is 94.6 Å². The molecule has 0 aromatic heterocycles. The van der Waals surface area contributed by atoms with Gasteiger partial charge in [0.05, 0.1) is 12.0 Å². The smallest absolute Gasteiger partial charge is 0.328 e. The Hall–Kier alpha value is -1.13. The highest BCUT2D eigenvalue weighted by atomic mass is 35.5. The van der Waals surface area contributed by atoms with Gasteiger partial charge >= 0.3 is 12.0 Å². The van der Waals surface area contributed by atoms with Gasteiger partial charge < -0.3 is 18.9 Å². The molecule has 0 radical (unpaired) electrons. The van der Waals surface area contributed by atoms with Crippen LogP contribution in [0.25, 0.3) is 0 Å². The molecule has 3 amide bonds. The van der Waals surface area contributed by atoms with Gasteiger partial charge in [0.2, 0.25) is 5.91 Å². The fourth-order valence-electron chi connectivity index (χ4n) is 4.04. The SMILES string of the molecule is CC(=O)OCC1OC(N2C(=O)N(C)C(=O)C3C2C3(Cl)Cl)C2OC(C)(C)OC12. The molecule has 11 heteroatoms. The number of rotatable bonds is 3. The van der Waals surface area contributed by atoms with Gasteiger partial charge in [-0.1, -0.05) is 23.2 Å². The summed E-state index contributed by atoms with van der Waals surface area (Å²) in [5, 5.41) is 0. The molecule has 150 valence electrons. The van der Waals surface area contributed by atoms with E-state index in [1.807, 2.05) is 0 Å². The lowest BCUT2D eigenvalue weighted by atomic mass is 10.1. The van der Waals surface area contributed by atoms with Gasteiger partial charge in [-0.25, -0.2) is 4.79 Å². The zero-order chi connectivity index (χ0) is 19.9. The van der Waals surface area contributed by atoms with E-state index in [2.05, 4.69) is 0 Å². The molecule has 6 atom stereocenters. The Morgan fingerprint density at radius 3 is 2.48 bits per heavy atom. The Labute approximate surface area is 165 Å². The summed E-state index contributed by atoms with van der Waals surface area (Å²) in [6.45, 7) is 4.72. The Morgan fingerprint density at radius 1 is 1.22 bits per heavy atom. The summed E-state index contributed by atoms with van der Waals surface area (Å²) in [6.07, 6.45) is -2.72. The molecule has 4 rings (SSSR count). The number of alkyl halides is 2. The van der Waals surface area contributed by atoms with Crippen LogP contribution in [0.2, 0.25) is 0 Å². The van der Waals surface area contributed by atoms with E-state index in [9.17, 15) is 14.4 Å². The number of ether oxygens (including phenoxy) is 4. The highest BCUT2D eigenvalue weighted by molar-refractivity contribution is 6.54. The molecular weight excluding hydrogens is 403 g/mol. The summed E-state index contributed by atoms with van der Waals surface area (Å²) < 4.78 is 21.5. The number of hydrogen-bond donors (Lipinski definition) is 0. The van der Waals surface area contributed by atoms with E-state index in [1.165, 1.54) is 18.9 Å². The van der Waals surface area contributed by atoms with Gasteiger partial charge in [-0.15, -0.1) is 0 Å². The van der Waals surface area contributed by atoms with Gasteiger partial charge in [-0.2, -0.15) is 0 Å². The van der Waals surface area contributed by atoms with Crippen LogP contribution in [-0.2, 0) is 28.5 Å². The van der Waals surface area contributed by atoms with Crippen molar-refractivity contribution < 1.29 is 33.3 Å². The van der Waals surface area contributed by atoms with E-state index < -0.39 is 64.5 Å². The van der Waals surface area contributed by atoms with Crippen LogP contribution >= 0.6 is 23.2 Å². The molecule has 4 aliphatic rings. The first kappa shape index (κ1) is 19.2. The number of carbonyl (C=O) groups is 3. The summed E-state index contributed by atoms with van der Waals surface area (Å²) in [4.78, 5) is 38.6. The quantitative estimate of drug-likeness (QED) is 0.491. The normalized spacial score (nSPS) is 41.4. The van der Waals surface area contributed by atoms with Crippen LogP contribution in [0.3, 0.4) is 0 Å². The van der Waals surface area contributed by atoms with Crippen molar-refractivity contribution in [2.45, 2.75) is 61.5 Å². The minimum absolute atomic E-state index is 0.0514. The van der Waals surface area contributed by atoms with Crippen molar-refractivity contribution in [3.63, 3.8) is 0 Å². The Morgan fingerprint density at radius 2 is 1.85 bits per heavy atom. The number of halogens is 2. The molecule has 4 fully saturated rings. The lowest BCUT2D eigenvalue weighted by Gasteiger charge is -2.37. The molecule has 0 N–H and O–H groups in total. The second kappa shape index (κ2) is 5.93. The first-order chi connectivity index (χ1) is 12.5. The molecule has 0 aromatic carbocycles. The minimum Gasteiger partial charge on any atom is -0.463 e. The second-order valence-electron chi connectivity index (χ2n) is 7.62. The van der Waals surface area contributed by atoms with Crippen molar-refractivity contribution in [1.82, 2.24) is 9.80 Å².